The third kappa shape index (κ3) is 5.91. The molecule has 1 saturated heterocycles. The minimum atomic E-state index is -3.69. The van der Waals surface area contributed by atoms with Gasteiger partial charge in [0.15, 0.2) is 0 Å². The number of hydrogen-bond donors (Lipinski definition) is 2. The molecular weight excluding hydrogens is 426 g/mol. The predicted octanol–water partition coefficient (Wildman–Crippen LogP) is 1.25. The van der Waals surface area contributed by atoms with Crippen LogP contribution in [0.1, 0.15) is 12.5 Å². The number of rotatable bonds is 7. The number of nitrogens with two attached hydrogens (primary N) is 1. The lowest BCUT2D eigenvalue weighted by Gasteiger charge is -2.38. The second kappa shape index (κ2) is 9.74. The molecule has 10 heteroatoms. The molecule has 1 aliphatic heterocycles. The molecule has 1 amide bonds. The van der Waals surface area contributed by atoms with Crippen LogP contribution in [-0.4, -0.2) is 63.0 Å². The van der Waals surface area contributed by atoms with E-state index in [2.05, 4.69) is 20.1 Å². The van der Waals surface area contributed by atoms with Crippen LogP contribution in [0.2, 0.25) is 5.02 Å². The number of nitrogens with one attached hydrogen (secondary N) is 1. The summed E-state index contributed by atoms with van der Waals surface area (Å²) in [4.78, 5) is 21.3. The van der Waals surface area contributed by atoms with Crippen molar-refractivity contribution >= 4 is 33.3 Å². The van der Waals surface area contributed by atoms with Crippen molar-refractivity contribution in [3.05, 3.63) is 53.2 Å². The molecule has 2 aromatic rings. The third-order valence-electron chi connectivity index (χ3n) is 5.24. The molecule has 8 nitrogen and oxygen atoms in total. The van der Waals surface area contributed by atoms with Crippen LogP contribution >= 0.6 is 11.6 Å². The standard InChI is InChI=1S/C20H26ClN5O3S/c1-15(25-10-12-26(13-11-25)19-7-4-17(21)14-24-19)20(27)23-9-8-16-2-5-18(6-3-16)30(22,28)29/h2-7,14-15H,8-13H2,1H3,(H,23,27)(H2,22,28,29). The number of carbonyl (C=O) groups is 1. The summed E-state index contributed by atoms with van der Waals surface area (Å²) in [5.41, 5.74) is 0.930. The minimum absolute atomic E-state index is 0.0192. The van der Waals surface area contributed by atoms with Crippen molar-refractivity contribution in [2.45, 2.75) is 24.3 Å². The number of primary sulfonamides is 1. The van der Waals surface area contributed by atoms with E-state index in [4.69, 9.17) is 16.7 Å². The summed E-state index contributed by atoms with van der Waals surface area (Å²) in [6.07, 6.45) is 2.25. The first-order valence-electron chi connectivity index (χ1n) is 9.74. The second-order valence-electron chi connectivity index (χ2n) is 7.26. The van der Waals surface area contributed by atoms with Gasteiger partial charge in [-0.15, -0.1) is 0 Å². The summed E-state index contributed by atoms with van der Waals surface area (Å²) < 4.78 is 22.6. The highest BCUT2D eigenvalue weighted by molar-refractivity contribution is 7.89. The van der Waals surface area contributed by atoms with Gasteiger partial charge in [0.2, 0.25) is 15.9 Å². The highest BCUT2D eigenvalue weighted by atomic mass is 35.5. The summed E-state index contributed by atoms with van der Waals surface area (Å²) in [5, 5.41) is 8.67. The zero-order chi connectivity index (χ0) is 21.7. The zero-order valence-corrected chi connectivity index (χ0v) is 18.4. The van der Waals surface area contributed by atoms with Gasteiger partial charge in [-0.25, -0.2) is 18.5 Å². The van der Waals surface area contributed by atoms with E-state index in [9.17, 15) is 13.2 Å². The third-order valence-corrected chi connectivity index (χ3v) is 6.39. The van der Waals surface area contributed by atoms with Gasteiger partial charge in [-0.1, -0.05) is 23.7 Å². The Bertz CT molecular complexity index is 959. The summed E-state index contributed by atoms with van der Waals surface area (Å²) in [5.74, 6) is 0.874. The minimum Gasteiger partial charge on any atom is -0.354 e. The fourth-order valence-corrected chi connectivity index (χ4v) is 4.01. The van der Waals surface area contributed by atoms with E-state index >= 15 is 0 Å². The number of benzene rings is 1. The predicted molar refractivity (Wildman–Crippen MR) is 117 cm³/mol. The van der Waals surface area contributed by atoms with E-state index in [-0.39, 0.29) is 16.8 Å². The highest BCUT2D eigenvalue weighted by Crippen LogP contribution is 2.17. The summed E-state index contributed by atoms with van der Waals surface area (Å²) in [7, 11) is -3.69. The van der Waals surface area contributed by atoms with E-state index in [1.165, 1.54) is 12.1 Å². The molecule has 1 aliphatic rings. The molecule has 2 heterocycles. The van der Waals surface area contributed by atoms with Gasteiger partial charge in [-0.05, 0) is 43.2 Å². The van der Waals surface area contributed by atoms with Crippen LogP contribution in [0.15, 0.2) is 47.5 Å². The van der Waals surface area contributed by atoms with Crippen LogP contribution < -0.4 is 15.4 Å². The van der Waals surface area contributed by atoms with Gasteiger partial charge < -0.3 is 10.2 Å². The number of amides is 1. The average Bonchev–Trinajstić information content (AvgIpc) is 2.73. The Morgan fingerprint density at radius 2 is 1.83 bits per heavy atom. The number of piperazine rings is 1. The topological polar surface area (TPSA) is 109 Å². The average molecular weight is 452 g/mol. The van der Waals surface area contributed by atoms with Gasteiger partial charge in [0.1, 0.15) is 5.82 Å². The molecule has 3 rings (SSSR count). The molecule has 0 aliphatic carbocycles. The fraction of sp³-hybridized carbons (Fsp3) is 0.400. The maximum Gasteiger partial charge on any atom is 0.238 e. The molecule has 1 aromatic carbocycles. The van der Waals surface area contributed by atoms with Gasteiger partial charge in [0.05, 0.1) is 16.0 Å². The molecule has 0 bridgehead atoms. The van der Waals surface area contributed by atoms with E-state index in [0.717, 1.165) is 37.6 Å². The van der Waals surface area contributed by atoms with Crippen LogP contribution in [0.5, 0.6) is 0 Å². The summed E-state index contributed by atoms with van der Waals surface area (Å²) >= 11 is 5.89. The summed E-state index contributed by atoms with van der Waals surface area (Å²) in [6, 6.07) is 9.88. The van der Waals surface area contributed by atoms with Gasteiger partial charge in [0.25, 0.3) is 0 Å². The van der Waals surface area contributed by atoms with E-state index < -0.39 is 10.0 Å². The molecule has 0 radical (unpaired) electrons. The monoisotopic (exact) mass is 451 g/mol. The lowest BCUT2D eigenvalue weighted by Crippen LogP contribution is -2.54. The number of hydrogen-bond acceptors (Lipinski definition) is 6. The molecule has 30 heavy (non-hydrogen) atoms. The molecule has 0 saturated carbocycles. The number of nitrogens with zero attached hydrogens (tertiary/aromatic N) is 3. The number of aromatic nitrogens is 1. The number of halogens is 1. The van der Waals surface area contributed by atoms with Crippen molar-refractivity contribution in [2.24, 2.45) is 5.14 Å². The van der Waals surface area contributed by atoms with E-state index in [0.29, 0.717) is 18.0 Å². The van der Waals surface area contributed by atoms with Crippen molar-refractivity contribution in [1.29, 1.82) is 0 Å². The Hall–Kier alpha value is -2.20. The van der Waals surface area contributed by atoms with Crippen LogP contribution in [0.3, 0.4) is 0 Å². The molecule has 3 N–H and O–H groups in total. The van der Waals surface area contributed by atoms with Gasteiger partial charge >= 0.3 is 0 Å². The lowest BCUT2D eigenvalue weighted by atomic mass is 10.1. The van der Waals surface area contributed by atoms with Gasteiger partial charge in [0, 0.05) is 38.9 Å². The molecule has 1 unspecified atom stereocenters. The van der Waals surface area contributed by atoms with Crippen LogP contribution in [-0.2, 0) is 21.2 Å². The molecule has 0 spiro atoms. The molecule has 162 valence electrons. The largest absolute Gasteiger partial charge is 0.354 e. The quantitative estimate of drug-likeness (QED) is 0.655. The van der Waals surface area contributed by atoms with Crippen molar-refractivity contribution in [3.63, 3.8) is 0 Å². The molecule has 1 fully saturated rings. The van der Waals surface area contributed by atoms with Crippen molar-refractivity contribution in [2.75, 3.05) is 37.6 Å². The first-order valence-corrected chi connectivity index (χ1v) is 11.7. The maximum absolute atomic E-state index is 12.5. The molecule has 1 aromatic heterocycles. The lowest BCUT2D eigenvalue weighted by molar-refractivity contribution is -0.125. The maximum atomic E-state index is 12.5. The van der Waals surface area contributed by atoms with Crippen molar-refractivity contribution in [1.82, 2.24) is 15.2 Å². The number of carbonyl (C=O) groups excluding carboxylic acids is 1. The van der Waals surface area contributed by atoms with Crippen LogP contribution in [0.4, 0.5) is 5.82 Å². The van der Waals surface area contributed by atoms with Crippen LogP contribution in [0, 0.1) is 0 Å². The van der Waals surface area contributed by atoms with Crippen molar-refractivity contribution < 1.29 is 13.2 Å². The smallest absolute Gasteiger partial charge is 0.238 e. The Balaban J connectivity index is 1.43. The van der Waals surface area contributed by atoms with Crippen LogP contribution in [0.25, 0.3) is 0 Å². The Kier molecular flexibility index (Phi) is 7.30. The Labute approximate surface area is 182 Å². The Morgan fingerprint density at radius 3 is 2.40 bits per heavy atom. The SMILES string of the molecule is CC(C(=O)NCCc1ccc(S(N)(=O)=O)cc1)N1CCN(c2ccc(Cl)cn2)CC1. The second-order valence-corrected chi connectivity index (χ2v) is 9.26. The molecule has 1 atom stereocenters. The number of sulfonamides is 1. The molecular formula is C20H26ClN5O3S. The van der Waals surface area contributed by atoms with Gasteiger partial charge in [-0.2, -0.15) is 0 Å². The van der Waals surface area contributed by atoms with Gasteiger partial charge in [-0.3, -0.25) is 9.69 Å². The Morgan fingerprint density at radius 1 is 1.17 bits per heavy atom. The highest BCUT2D eigenvalue weighted by Gasteiger charge is 2.25. The number of anilines is 1. The zero-order valence-electron chi connectivity index (χ0n) is 16.8. The summed E-state index contributed by atoms with van der Waals surface area (Å²) in [6.45, 7) is 5.52. The van der Waals surface area contributed by atoms with E-state index in [1.54, 1.807) is 18.3 Å². The fourth-order valence-electron chi connectivity index (χ4n) is 3.38. The van der Waals surface area contributed by atoms with Crippen molar-refractivity contribution in [3.8, 4) is 0 Å². The van der Waals surface area contributed by atoms with E-state index in [1.807, 2.05) is 19.1 Å². The first-order chi connectivity index (χ1) is 14.2. The normalized spacial score (nSPS) is 16.3. The first kappa shape index (κ1) is 22.5. The number of pyridine rings is 1.